The highest BCUT2D eigenvalue weighted by Gasteiger charge is 2.79. The predicted octanol–water partition coefficient (Wildman–Crippen LogP) is 4.62. The number of carbonyl (C=O) groups is 2. The van der Waals surface area contributed by atoms with Crippen LogP contribution in [0.4, 0.5) is 10.1 Å². The Morgan fingerprint density at radius 3 is 2.69 bits per heavy atom. The Bertz CT molecular complexity index is 1520. The molecule has 0 radical (unpaired) electrons. The molecule has 1 aromatic carbocycles. The first-order valence-electron chi connectivity index (χ1n) is 14.7. The van der Waals surface area contributed by atoms with E-state index < -0.39 is 58.9 Å². The summed E-state index contributed by atoms with van der Waals surface area (Å²) in [7, 11) is 0. The fourth-order valence-corrected chi connectivity index (χ4v) is 10.1. The summed E-state index contributed by atoms with van der Waals surface area (Å²) < 4.78 is 30.6. The quantitative estimate of drug-likeness (QED) is 0.433. The van der Waals surface area contributed by atoms with Crippen molar-refractivity contribution in [1.29, 1.82) is 0 Å². The van der Waals surface area contributed by atoms with Crippen molar-refractivity contribution in [3.8, 4) is 0 Å². The number of aliphatic hydroxyl groups is 2. The normalized spacial score (nSPS) is 42.0. The van der Waals surface area contributed by atoms with Gasteiger partial charge in [0.05, 0.1) is 17.1 Å². The molecule has 4 N–H and O–H groups in total. The molecule has 4 aliphatic carbocycles. The third-order valence-corrected chi connectivity index (χ3v) is 12.2. The molecule has 3 saturated carbocycles. The number of allylic oxidation sites excluding steroid dienone is 4. The maximum absolute atomic E-state index is 17.5. The van der Waals surface area contributed by atoms with Crippen LogP contribution in [-0.2, 0) is 25.5 Å². The van der Waals surface area contributed by atoms with Crippen LogP contribution in [-0.4, -0.2) is 51.9 Å². The molecular formula is C33H36FNO6S. The summed E-state index contributed by atoms with van der Waals surface area (Å²) in [6.45, 7) is 2.93. The summed E-state index contributed by atoms with van der Waals surface area (Å²) in [6.07, 6.45) is 3.64. The van der Waals surface area contributed by atoms with E-state index in [1.54, 1.807) is 13.0 Å². The second-order valence-electron chi connectivity index (χ2n) is 13.2. The number of benzene rings is 1. The molecule has 1 aliphatic heterocycles. The zero-order valence-corrected chi connectivity index (χ0v) is 24.5. The Balaban J connectivity index is 1.21. The first kappa shape index (κ1) is 28.1. The number of nitrogen functional groups attached to an aromatic ring is 1. The lowest BCUT2D eigenvalue weighted by atomic mass is 9.44. The number of rotatable bonds is 5. The van der Waals surface area contributed by atoms with Gasteiger partial charge in [-0.1, -0.05) is 30.7 Å². The Morgan fingerprint density at radius 1 is 1.19 bits per heavy atom. The predicted molar refractivity (Wildman–Crippen MR) is 155 cm³/mol. The van der Waals surface area contributed by atoms with Gasteiger partial charge in [-0.3, -0.25) is 9.59 Å². The number of hydrogen-bond acceptors (Lipinski definition) is 8. The Labute approximate surface area is 248 Å². The average Bonchev–Trinajstić information content (AvgIpc) is 3.64. The van der Waals surface area contributed by atoms with Crippen molar-refractivity contribution < 1.29 is 33.7 Å². The second kappa shape index (κ2) is 9.40. The highest BCUT2D eigenvalue weighted by atomic mass is 32.1. The van der Waals surface area contributed by atoms with Crippen molar-refractivity contribution in [2.75, 3.05) is 12.3 Å². The van der Waals surface area contributed by atoms with Gasteiger partial charge in [-0.05, 0) is 91.8 Å². The summed E-state index contributed by atoms with van der Waals surface area (Å²) >= 11 is 1.49. The van der Waals surface area contributed by atoms with Crippen LogP contribution >= 0.6 is 11.3 Å². The molecule has 0 amide bonds. The molecule has 0 bridgehead atoms. The van der Waals surface area contributed by atoms with Gasteiger partial charge in [-0.25, -0.2) is 4.39 Å². The van der Waals surface area contributed by atoms with Crippen LogP contribution in [0.5, 0.6) is 0 Å². The number of aliphatic hydroxyl groups excluding tert-OH is 2. The molecule has 7 nitrogen and oxygen atoms in total. The van der Waals surface area contributed by atoms with Gasteiger partial charge in [0.1, 0.15) is 6.61 Å². The molecule has 1 aromatic heterocycles. The number of alkyl halides is 1. The molecular weight excluding hydrogens is 557 g/mol. The fraction of sp³-hybridized carbons (Fsp3) is 0.515. The zero-order chi connectivity index (χ0) is 29.7. The number of fused-ring (bicyclic) bond motifs is 7. The van der Waals surface area contributed by atoms with Crippen LogP contribution in [0.15, 0.2) is 59.5 Å². The minimum Gasteiger partial charge on any atom is -0.399 e. The number of hydrogen-bond donors (Lipinski definition) is 3. The number of Topliss-reactive ketones (excluding diaryl/α,β-unsaturated/α-hetero) is 1. The van der Waals surface area contributed by atoms with E-state index in [-0.39, 0.29) is 18.1 Å². The summed E-state index contributed by atoms with van der Waals surface area (Å²) in [5.41, 5.74) is 3.78. The highest BCUT2D eigenvalue weighted by Crippen LogP contribution is 2.72. The summed E-state index contributed by atoms with van der Waals surface area (Å²) in [4.78, 5) is 26.6. The molecule has 1 saturated heterocycles. The fourth-order valence-electron chi connectivity index (χ4n) is 9.18. The highest BCUT2D eigenvalue weighted by molar-refractivity contribution is 7.10. The topological polar surface area (TPSA) is 119 Å². The van der Waals surface area contributed by atoms with Crippen LogP contribution in [0.25, 0.3) is 0 Å². The third-order valence-electron chi connectivity index (χ3n) is 11.2. The van der Waals surface area contributed by atoms with Crippen molar-refractivity contribution in [2.24, 2.45) is 22.7 Å². The lowest BCUT2D eigenvalue weighted by molar-refractivity contribution is -0.231. The van der Waals surface area contributed by atoms with Gasteiger partial charge in [-0.15, -0.1) is 11.3 Å². The Kier molecular flexibility index (Phi) is 6.29. The van der Waals surface area contributed by atoms with Crippen molar-refractivity contribution in [2.45, 2.75) is 75.7 Å². The van der Waals surface area contributed by atoms with E-state index >= 15 is 4.39 Å². The monoisotopic (exact) mass is 593 g/mol. The van der Waals surface area contributed by atoms with Gasteiger partial charge in [0, 0.05) is 22.4 Å². The van der Waals surface area contributed by atoms with Crippen molar-refractivity contribution in [1.82, 2.24) is 0 Å². The molecule has 2 heterocycles. The molecule has 0 spiro atoms. The molecule has 42 heavy (non-hydrogen) atoms. The SMILES string of the molecule is C[C@]12C=CC(=O)C=C1CC[C@H]1[C@@H]3C[C@H]4O[C@@H](c5cc(Cc6ccc(N)cc6)cs5)O[C@@]4(C(=O)CO)[C@@]3(C)C[C@H](O)[C@@]12F. The first-order valence-corrected chi connectivity index (χ1v) is 15.5. The van der Waals surface area contributed by atoms with Crippen LogP contribution in [0, 0.1) is 22.7 Å². The first-order chi connectivity index (χ1) is 20.0. The molecule has 0 unspecified atom stereocenters. The number of ketones is 2. The number of halogens is 1. The van der Waals surface area contributed by atoms with Crippen LogP contribution in [0.1, 0.15) is 61.8 Å². The summed E-state index contributed by atoms with van der Waals surface area (Å²) in [5.74, 6) is -1.58. The van der Waals surface area contributed by atoms with Crippen LogP contribution < -0.4 is 5.73 Å². The Morgan fingerprint density at radius 2 is 1.95 bits per heavy atom. The lowest BCUT2D eigenvalue weighted by Crippen LogP contribution is -2.69. The molecule has 4 fully saturated rings. The third kappa shape index (κ3) is 3.57. The number of carbonyl (C=O) groups excluding carboxylic acids is 2. The van der Waals surface area contributed by atoms with Crippen molar-refractivity contribution in [3.05, 3.63) is 75.5 Å². The van der Waals surface area contributed by atoms with Gasteiger partial charge in [0.25, 0.3) is 0 Å². The molecule has 222 valence electrons. The minimum atomic E-state index is -2.02. The molecule has 5 aliphatic rings. The van der Waals surface area contributed by atoms with Crippen molar-refractivity contribution >= 4 is 28.6 Å². The standard InChI is InChI=1S/C33H36FNO6S/c1-30-10-9-22(37)13-20(30)5-8-23-24-14-28-33(27(39)16-36,31(24,2)15-26(38)32(23,30)34)41-29(40-28)25-12-19(17-42-25)11-18-3-6-21(35)7-4-18/h3-4,6-7,9-10,12-13,17,23-24,26,28-29,36,38H,5,8,11,14-16,35H2,1-2H3/t23-,24-,26-,28+,29+,30-,31-,32-,33+/m0/s1. The largest absolute Gasteiger partial charge is 0.399 e. The summed E-state index contributed by atoms with van der Waals surface area (Å²) in [6, 6.07) is 9.72. The van der Waals surface area contributed by atoms with Crippen molar-refractivity contribution in [3.63, 3.8) is 0 Å². The van der Waals surface area contributed by atoms with Gasteiger partial charge in [0.2, 0.25) is 0 Å². The maximum atomic E-state index is 17.5. The van der Waals surface area contributed by atoms with Gasteiger partial charge in [0.15, 0.2) is 29.1 Å². The number of ether oxygens (including phenoxy) is 2. The van der Waals surface area contributed by atoms with Gasteiger partial charge >= 0.3 is 0 Å². The smallest absolute Gasteiger partial charge is 0.194 e. The van der Waals surface area contributed by atoms with Crippen LogP contribution in [0.2, 0.25) is 0 Å². The number of thiophene rings is 1. The zero-order valence-electron chi connectivity index (χ0n) is 23.7. The van der Waals surface area contributed by atoms with E-state index in [1.165, 1.54) is 23.5 Å². The molecule has 9 heteroatoms. The van der Waals surface area contributed by atoms with E-state index in [9.17, 15) is 19.8 Å². The van der Waals surface area contributed by atoms with E-state index in [2.05, 4.69) is 0 Å². The molecule has 7 rings (SSSR count). The van der Waals surface area contributed by atoms with Gasteiger partial charge < -0.3 is 25.4 Å². The van der Waals surface area contributed by atoms with E-state index in [4.69, 9.17) is 15.2 Å². The number of nitrogens with two attached hydrogens (primary N) is 1. The molecule has 9 atom stereocenters. The average molecular weight is 594 g/mol. The molecule has 2 aromatic rings. The van der Waals surface area contributed by atoms with E-state index in [1.807, 2.05) is 42.6 Å². The second-order valence-corrected chi connectivity index (χ2v) is 14.1. The summed E-state index contributed by atoms with van der Waals surface area (Å²) in [5, 5.41) is 23.9. The minimum absolute atomic E-state index is 0.0273. The van der Waals surface area contributed by atoms with Crippen LogP contribution in [0.3, 0.4) is 0 Å². The van der Waals surface area contributed by atoms with E-state index in [0.717, 1.165) is 16.0 Å². The number of anilines is 1. The van der Waals surface area contributed by atoms with E-state index in [0.29, 0.717) is 36.9 Å². The Hall–Kier alpha value is -2.69. The van der Waals surface area contributed by atoms with Gasteiger partial charge in [-0.2, -0.15) is 0 Å². The maximum Gasteiger partial charge on any atom is 0.194 e. The lowest BCUT2D eigenvalue weighted by Gasteiger charge is -2.62.